The number of halogens is 1. The summed E-state index contributed by atoms with van der Waals surface area (Å²) in [5, 5.41) is 4.38. The summed E-state index contributed by atoms with van der Waals surface area (Å²) in [5.74, 6) is 0. The van der Waals surface area contributed by atoms with Gasteiger partial charge in [-0.25, -0.2) is 0 Å². The minimum Gasteiger partial charge on any atom is -0.310 e. The van der Waals surface area contributed by atoms with E-state index >= 15 is 0 Å². The van der Waals surface area contributed by atoms with Crippen molar-refractivity contribution in [2.75, 3.05) is 6.54 Å². The lowest BCUT2D eigenvalue weighted by molar-refractivity contribution is 0.549. The molecule has 1 unspecified atom stereocenters. The van der Waals surface area contributed by atoms with Crippen LogP contribution in [-0.2, 0) is 6.42 Å². The van der Waals surface area contributed by atoms with Crippen molar-refractivity contribution in [1.82, 2.24) is 10.3 Å². The van der Waals surface area contributed by atoms with E-state index in [0.717, 1.165) is 23.7 Å². The molecule has 0 amide bonds. The van der Waals surface area contributed by atoms with Crippen LogP contribution < -0.4 is 5.32 Å². The first-order valence-corrected chi connectivity index (χ1v) is 7.39. The van der Waals surface area contributed by atoms with Crippen molar-refractivity contribution in [2.45, 2.75) is 33.2 Å². The molecular formula is C17H21ClN2. The van der Waals surface area contributed by atoms with E-state index in [1.165, 1.54) is 16.7 Å². The lowest BCUT2D eigenvalue weighted by atomic mass is 9.98. The SMILES string of the molecule is CCNC(Cc1ccc(C)cc1Cl)c1ccnc(C)c1. The highest BCUT2D eigenvalue weighted by Gasteiger charge is 2.13. The summed E-state index contributed by atoms with van der Waals surface area (Å²) in [7, 11) is 0. The van der Waals surface area contributed by atoms with Crippen molar-refractivity contribution in [2.24, 2.45) is 0 Å². The Bertz CT molecular complexity index is 581. The predicted molar refractivity (Wildman–Crippen MR) is 85.3 cm³/mol. The van der Waals surface area contributed by atoms with Gasteiger partial charge in [-0.2, -0.15) is 0 Å². The van der Waals surface area contributed by atoms with Crippen molar-refractivity contribution >= 4 is 11.6 Å². The summed E-state index contributed by atoms with van der Waals surface area (Å²) in [5.41, 5.74) is 4.67. The number of rotatable bonds is 5. The maximum Gasteiger partial charge on any atom is 0.0441 e. The molecule has 0 saturated heterocycles. The zero-order chi connectivity index (χ0) is 14.5. The molecule has 3 heteroatoms. The molecule has 0 aliphatic heterocycles. The second-order valence-electron chi connectivity index (χ2n) is 5.14. The summed E-state index contributed by atoms with van der Waals surface area (Å²) in [6, 6.07) is 10.7. The quantitative estimate of drug-likeness (QED) is 0.890. The number of benzene rings is 1. The van der Waals surface area contributed by atoms with Crippen LogP contribution in [0.5, 0.6) is 0 Å². The molecule has 2 nitrogen and oxygen atoms in total. The van der Waals surface area contributed by atoms with E-state index in [0.29, 0.717) is 0 Å². The summed E-state index contributed by atoms with van der Waals surface area (Å²) < 4.78 is 0. The first kappa shape index (κ1) is 15.0. The Morgan fingerprint density at radius 3 is 2.65 bits per heavy atom. The first-order chi connectivity index (χ1) is 9.60. The molecule has 2 rings (SSSR count). The molecule has 1 heterocycles. The number of hydrogen-bond acceptors (Lipinski definition) is 2. The van der Waals surface area contributed by atoms with E-state index in [-0.39, 0.29) is 6.04 Å². The molecule has 0 radical (unpaired) electrons. The van der Waals surface area contributed by atoms with Gasteiger partial charge in [0.1, 0.15) is 0 Å². The van der Waals surface area contributed by atoms with Crippen molar-refractivity contribution < 1.29 is 0 Å². The minimum atomic E-state index is 0.266. The van der Waals surface area contributed by atoms with Gasteiger partial charge in [-0.1, -0.05) is 30.7 Å². The lowest BCUT2D eigenvalue weighted by Crippen LogP contribution is -2.23. The highest BCUT2D eigenvalue weighted by molar-refractivity contribution is 6.31. The van der Waals surface area contributed by atoms with Crippen LogP contribution in [0.1, 0.15) is 35.3 Å². The minimum absolute atomic E-state index is 0.266. The molecule has 0 saturated carbocycles. The number of likely N-dealkylation sites (N-methyl/N-ethyl adjacent to an activating group) is 1. The number of aryl methyl sites for hydroxylation is 2. The predicted octanol–water partition coefficient (Wildman–Crippen LogP) is 4.25. The van der Waals surface area contributed by atoms with E-state index < -0.39 is 0 Å². The van der Waals surface area contributed by atoms with Crippen molar-refractivity contribution in [3.05, 3.63) is 63.9 Å². The Hall–Kier alpha value is -1.38. The van der Waals surface area contributed by atoms with E-state index in [1.54, 1.807) is 0 Å². The second-order valence-corrected chi connectivity index (χ2v) is 5.55. The molecule has 0 fully saturated rings. The standard InChI is InChI=1S/C17H21ClN2/c1-4-19-17(15-7-8-20-13(3)10-15)11-14-6-5-12(2)9-16(14)18/h5-10,17,19H,4,11H2,1-3H3. The van der Waals surface area contributed by atoms with E-state index in [2.05, 4.69) is 48.4 Å². The van der Waals surface area contributed by atoms with Gasteiger partial charge in [0.25, 0.3) is 0 Å². The van der Waals surface area contributed by atoms with Crippen LogP contribution >= 0.6 is 11.6 Å². The zero-order valence-corrected chi connectivity index (χ0v) is 13.0. The molecule has 1 aromatic heterocycles. The fraction of sp³-hybridized carbons (Fsp3) is 0.353. The lowest BCUT2D eigenvalue weighted by Gasteiger charge is -2.19. The summed E-state index contributed by atoms with van der Waals surface area (Å²) in [6.45, 7) is 7.13. The summed E-state index contributed by atoms with van der Waals surface area (Å²) in [4.78, 5) is 4.26. The van der Waals surface area contributed by atoms with Crippen LogP contribution in [0.3, 0.4) is 0 Å². The molecule has 1 aromatic carbocycles. The van der Waals surface area contributed by atoms with Gasteiger partial charge in [0.2, 0.25) is 0 Å². The van der Waals surface area contributed by atoms with Gasteiger partial charge in [0, 0.05) is 23.0 Å². The van der Waals surface area contributed by atoms with E-state index in [1.807, 2.05) is 19.2 Å². The fourth-order valence-corrected chi connectivity index (χ4v) is 2.69. The van der Waals surface area contributed by atoms with E-state index in [4.69, 9.17) is 11.6 Å². The third-order valence-corrected chi connectivity index (χ3v) is 3.76. The monoisotopic (exact) mass is 288 g/mol. The molecular weight excluding hydrogens is 268 g/mol. The molecule has 20 heavy (non-hydrogen) atoms. The van der Waals surface area contributed by atoms with Crippen LogP contribution in [0.25, 0.3) is 0 Å². The molecule has 0 bridgehead atoms. The maximum absolute atomic E-state index is 6.35. The average molecular weight is 289 g/mol. The molecule has 106 valence electrons. The highest BCUT2D eigenvalue weighted by Crippen LogP contribution is 2.24. The molecule has 1 N–H and O–H groups in total. The zero-order valence-electron chi connectivity index (χ0n) is 12.3. The van der Waals surface area contributed by atoms with Crippen LogP contribution in [0.15, 0.2) is 36.5 Å². The van der Waals surface area contributed by atoms with Gasteiger partial charge in [-0.15, -0.1) is 0 Å². The third-order valence-electron chi connectivity index (χ3n) is 3.41. The maximum atomic E-state index is 6.35. The Kier molecular flexibility index (Phi) is 5.16. The largest absolute Gasteiger partial charge is 0.310 e. The Morgan fingerprint density at radius 2 is 2.00 bits per heavy atom. The van der Waals surface area contributed by atoms with Gasteiger partial charge < -0.3 is 5.32 Å². The van der Waals surface area contributed by atoms with Crippen LogP contribution in [0.2, 0.25) is 5.02 Å². The summed E-state index contributed by atoms with van der Waals surface area (Å²) >= 11 is 6.35. The van der Waals surface area contributed by atoms with Gasteiger partial charge in [-0.05, 0) is 61.7 Å². The van der Waals surface area contributed by atoms with Gasteiger partial charge in [0.15, 0.2) is 0 Å². The molecule has 1 atom stereocenters. The van der Waals surface area contributed by atoms with Crippen molar-refractivity contribution in [1.29, 1.82) is 0 Å². The number of hydrogen-bond donors (Lipinski definition) is 1. The molecule has 0 aliphatic rings. The van der Waals surface area contributed by atoms with E-state index in [9.17, 15) is 0 Å². The molecule has 0 spiro atoms. The smallest absolute Gasteiger partial charge is 0.0441 e. The van der Waals surface area contributed by atoms with Gasteiger partial charge in [0.05, 0.1) is 0 Å². The Morgan fingerprint density at radius 1 is 1.20 bits per heavy atom. The number of aromatic nitrogens is 1. The Balaban J connectivity index is 2.25. The Labute approximate surface area is 126 Å². The van der Waals surface area contributed by atoms with Crippen LogP contribution in [0.4, 0.5) is 0 Å². The van der Waals surface area contributed by atoms with Crippen molar-refractivity contribution in [3.8, 4) is 0 Å². The number of nitrogens with zero attached hydrogens (tertiary/aromatic N) is 1. The van der Waals surface area contributed by atoms with Crippen LogP contribution in [-0.4, -0.2) is 11.5 Å². The molecule has 0 aliphatic carbocycles. The second kappa shape index (κ2) is 6.87. The molecule has 2 aromatic rings. The average Bonchev–Trinajstić information content (AvgIpc) is 2.41. The normalized spacial score (nSPS) is 12.4. The highest BCUT2D eigenvalue weighted by atomic mass is 35.5. The summed E-state index contributed by atoms with van der Waals surface area (Å²) in [6.07, 6.45) is 2.75. The van der Waals surface area contributed by atoms with Crippen LogP contribution in [0, 0.1) is 13.8 Å². The topological polar surface area (TPSA) is 24.9 Å². The number of pyridine rings is 1. The number of nitrogens with one attached hydrogen (secondary N) is 1. The van der Waals surface area contributed by atoms with Crippen molar-refractivity contribution in [3.63, 3.8) is 0 Å². The first-order valence-electron chi connectivity index (χ1n) is 7.01. The fourth-order valence-electron chi connectivity index (χ4n) is 2.38. The van der Waals surface area contributed by atoms with Gasteiger partial charge in [-0.3, -0.25) is 4.98 Å². The van der Waals surface area contributed by atoms with Gasteiger partial charge >= 0.3 is 0 Å². The third kappa shape index (κ3) is 3.81.